The second-order valence-electron chi connectivity index (χ2n) is 7.67. The molecule has 0 aromatic heterocycles. The van der Waals surface area contributed by atoms with Crippen molar-refractivity contribution >= 4 is 0 Å². The molecule has 6 nitrogen and oxygen atoms in total. The molecule has 6 heteroatoms. The Balaban J connectivity index is 1.93. The Kier molecular flexibility index (Phi) is 8.57. The van der Waals surface area contributed by atoms with Gasteiger partial charge in [-0.1, -0.05) is 18.2 Å². The molecule has 1 aliphatic rings. The van der Waals surface area contributed by atoms with Crippen LogP contribution in [0.5, 0.6) is 11.5 Å². The van der Waals surface area contributed by atoms with Gasteiger partial charge in [0.15, 0.2) is 0 Å². The normalized spacial score (nSPS) is 17.1. The van der Waals surface area contributed by atoms with Crippen LogP contribution >= 0.6 is 0 Å². The molecule has 1 heterocycles. The van der Waals surface area contributed by atoms with Crippen LogP contribution < -0.4 is 9.47 Å². The number of aliphatic hydroxyl groups is 1. The van der Waals surface area contributed by atoms with Crippen LogP contribution in [0.1, 0.15) is 12.5 Å². The standard InChI is InChI=1S/C21H35N3O3/c1-17(2)13-23(4)14-18-6-7-20(26-5)12-21(18)27-16-19(25)15-24-10-8-22(3)9-11-24/h6-7,12,19,25H,1,8-11,13-16H2,2-5H3/t19-/m1/s1. The second-order valence-corrected chi connectivity index (χ2v) is 7.67. The molecule has 1 fully saturated rings. The lowest BCUT2D eigenvalue weighted by atomic mass is 10.1. The maximum Gasteiger partial charge on any atom is 0.127 e. The first-order chi connectivity index (χ1) is 12.9. The number of likely N-dealkylation sites (N-methyl/N-ethyl adjacent to an activating group) is 2. The maximum atomic E-state index is 10.4. The first-order valence-corrected chi connectivity index (χ1v) is 9.59. The van der Waals surface area contributed by atoms with Crippen LogP contribution in [0.2, 0.25) is 0 Å². The maximum absolute atomic E-state index is 10.4. The highest BCUT2D eigenvalue weighted by Gasteiger charge is 2.18. The molecule has 2 rings (SSSR count). The molecule has 1 aliphatic heterocycles. The Morgan fingerprint density at radius 1 is 1.30 bits per heavy atom. The van der Waals surface area contributed by atoms with Crippen LogP contribution in [0.15, 0.2) is 30.4 Å². The van der Waals surface area contributed by atoms with Gasteiger partial charge in [0.2, 0.25) is 0 Å². The summed E-state index contributed by atoms with van der Waals surface area (Å²) in [6.07, 6.45) is -0.513. The van der Waals surface area contributed by atoms with Gasteiger partial charge in [0.05, 0.1) is 7.11 Å². The Bertz CT molecular complexity index is 600. The Labute approximate surface area is 164 Å². The van der Waals surface area contributed by atoms with E-state index in [4.69, 9.17) is 9.47 Å². The average Bonchev–Trinajstić information content (AvgIpc) is 2.62. The number of aliphatic hydroxyl groups excluding tert-OH is 1. The zero-order valence-electron chi connectivity index (χ0n) is 17.3. The summed E-state index contributed by atoms with van der Waals surface area (Å²) in [7, 11) is 5.84. The molecule has 1 atom stereocenters. The molecule has 1 saturated heterocycles. The van der Waals surface area contributed by atoms with Crippen LogP contribution in [-0.4, -0.2) is 93.0 Å². The zero-order valence-corrected chi connectivity index (χ0v) is 17.3. The number of methoxy groups -OCH3 is 1. The number of rotatable bonds is 10. The van der Waals surface area contributed by atoms with Gasteiger partial charge in [-0.25, -0.2) is 0 Å². The van der Waals surface area contributed by atoms with Gasteiger partial charge in [0.25, 0.3) is 0 Å². The molecule has 27 heavy (non-hydrogen) atoms. The van der Waals surface area contributed by atoms with Crippen LogP contribution in [-0.2, 0) is 6.54 Å². The molecule has 1 N–H and O–H groups in total. The van der Waals surface area contributed by atoms with E-state index >= 15 is 0 Å². The minimum Gasteiger partial charge on any atom is -0.497 e. The molecule has 0 bridgehead atoms. The fourth-order valence-electron chi connectivity index (χ4n) is 3.30. The van der Waals surface area contributed by atoms with Gasteiger partial charge >= 0.3 is 0 Å². The van der Waals surface area contributed by atoms with Gasteiger partial charge < -0.3 is 19.5 Å². The number of β-amino-alcohol motifs (C(OH)–C–C–N with tert-alkyl or cyclic N) is 1. The molecule has 1 aromatic carbocycles. The number of hydrogen-bond donors (Lipinski definition) is 1. The topological polar surface area (TPSA) is 48.4 Å². The molecule has 0 saturated carbocycles. The van der Waals surface area contributed by atoms with Gasteiger partial charge in [0.1, 0.15) is 24.2 Å². The van der Waals surface area contributed by atoms with Crippen LogP contribution in [0.3, 0.4) is 0 Å². The predicted molar refractivity (Wildman–Crippen MR) is 110 cm³/mol. The Hall–Kier alpha value is -1.60. The van der Waals surface area contributed by atoms with Crippen LogP contribution in [0.4, 0.5) is 0 Å². The summed E-state index contributed by atoms with van der Waals surface area (Å²) in [6, 6.07) is 5.86. The zero-order chi connectivity index (χ0) is 19.8. The largest absolute Gasteiger partial charge is 0.497 e. The number of hydrogen-bond acceptors (Lipinski definition) is 6. The van der Waals surface area contributed by atoms with E-state index in [1.807, 2.05) is 25.1 Å². The third-order valence-corrected chi connectivity index (χ3v) is 4.75. The van der Waals surface area contributed by atoms with Crippen LogP contribution in [0.25, 0.3) is 0 Å². The van der Waals surface area contributed by atoms with Crippen molar-refractivity contribution in [1.82, 2.24) is 14.7 Å². The summed E-state index contributed by atoms with van der Waals surface area (Å²) in [5, 5.41) is 10.4. The fourth-order valence-corrected chi connectivity index (χ4v) is 3.30. The van der Waals surface area contributed by atoms with Crippen molar-refractivity contribution < 1.29 is 14.6 Å². The minimum absolute atomic E-state index is 0.275. The van der Waals surface area contributed by atoms with E-state index in [-0.39, 0.29) is 6.61 Å². The van der Waals surface area contributed by atoms with Crippen molar-refractivity contribution in [3.63, 3.8) is 0 Å². The Morgan fingerprint density at radius 3 is 2.63 bits per heavy atom. The van der Waals surface area contributed by atoms with E-state index in [2.05, 4.69) is 35.4 Å². The van der Waals surface area contributed by atoms with E-state index in [1.165, 1.54) is 0 Å². The third kappa shape index (κ3) is 7.50. The number of nitrogens with zero attached hydrogens (tertiary/aromatic N) is 3. The first-order valence-electron chi connectivity index (χ1n) is 9.59. The average molecular weight is 378 g/mol. The number of piperazine rings is 1. The smallest absolute Gasteiger partial charge is 0.127 e. The van der Waals surface area contributed by atoms with Crippen molar-refractivity contribution in [3.05, 3.63) is 35.9 Å². The molecule has 1 aromatic rings. The van der Waals surface area contributed by atoms with E-state index < -0.39 is 6.10 Å². The van der Waals surface area contributed by atoms with Crippen molar-refractivity contribution in [2.45, 2.75) is 19.6 Å². The molecule has 0 unspecified atom stereocenters. The SMILES string of the molecule is C=C(C)CN(C)Cc1ccc(OC)cc1OC[C@H](O)CN1CCN(C)CC1. The molecule has 0 radical (unpaired) electrons. The molecule has 0 aliphatic carbocycles. The van der Waals surface area contributed by atoms with Gasteiger partial charge in [-0.2, -0.15) is 0 Å². The van der Waals surface area contributed by atoms with Gasteiger partial charge in [0, 0.05) is 57.4 Å². The lowest BCUT2D eigenvalue weighted by molar-refractivity contribution is 0.0500. The second kappa shape index (κ2) is 10.7. The van der Waals surface area contributed by atoms with Gasteiger partial charge in [-0.05, 0) is 27.1 Å². The predicted octanol–water partition coefficient (Wildman–Crippen LogP) is 1.69. The lowest BCUT2D eigenvalue weighted by Crippen LogP contribution is -2.47. The summed E-state index contributed by atoms with van der Waals surface area (Å²) < 4.78 is 11.3. The first kappa shape index (κ1) is 21.7. The molecule has 152 valence electrons. The highest BCUT2D eigenvalue weighted by molar-refractivity contribution is 5.40. The highest BCUT2D eigenvalue weighted by Crippen LogP contribution is 2.26. The monoisotopic (exact) mass is 377 g/mol. The highest BCUT2D eigenvalue weighted by atomic mass is 16.5. The molecule has 0 amide bonds. The van der Waals surface area contributed by atoms with E-state index in [1.54, 1.807) is 7.11 Å². The van der Waals surface area contributed by atoms with E-state index in [9.17, 15) is 5.11 Å². The third-order valence-electron chi connectivity index (χ3n) is 4.75. The number of ether oxygens (including phenoxy) is 2. The van der Waals surface area contributed by atoms with E-state index in [0.717, 1.165) is 61.9 Å². The van der Waals surface area contributed by atoms with Gasteiger partial charge in [-0.3, -0.25) is 9.80 Å². The lowest BCUT2D eigenvalue weighted by Gasteiger charge is -2.33. The molecular weight excluding hydrogens is 342 g/mol. The quantitative estimate of drug-likeness (QED) is 0.626. The fraction of sp³-hybridized carbons (Fsp3) is 0.619. The summed E-state index contributed by atoms with van der Waals surface area (Å²) in [6.45, 7) is 12.6. The van der Waals surface area contributed by atoms with E-state index in [0.29, 0.717) is 6.54 Å². The summed E-state index contributed by atoms with van der Waals surface area (Å²) >= 11 is 0. The summed E-state index contributed by atoms with van der Waals surface area (Å²) in [4.78, 5) is 6.79. The minimum atomic E-state index is -0.513. The van der Waals surface area contributed by atoms with Crippen molar-refractivity contribution in [2.75, 3.05) is 67.1 Å². The molecule has 0 spiro atoms. The Morgan fingerprint density at radius 2 is 2.00 bits per heavy atom. The van der Waals surface area contributed by atoms with Gasteiger partial charge in [-0.15, -0.1) is 0 Å². The molecular formula is C21H35N3O3. The van der Waals surface area contributed by atoms with Crippen molar-refractivity contribution in [1.29, 1.82) is 0 Å². The summed E-state index contributed by atoms with van der Waals surface area (Å²) in [5.41, 5.74) is 2.20. The van der Waals surface area contributed by atoms with Crippen molar-refractivity contribution in [3.8, 4) is 11.5 Å². The van der Waals surface area contributed by atoms with Crippen LogP contribution in [0, 0.1) is 0 Å². The number of benzene rings is 1. The van der Waals surface area contributed by atoms with Crippen molar-refractivity contribution in [2.24, 2.45) is 0 Å². The summed E-state index contributed by atoms with van der Waals surface area (Å²) in [5.74, 6) is 1.52.